The van der Waals surface area contributed by atoms with Gasteiger partial charge in [-0.1, -0.05) is 36.4 Å². The van der Waals surface area contributed by atoms with Gasteiger partial charge in [-0.3, -0.25) is 4.31 Å². The average molecular weight is 399 g/mol. The van der Waals surface area contributed by atoms with Gasteiger partial charge in [0.05, 0.1) is 10.6 Å². The van der Waals surface area contributed by atoms with Crippen LogP contribution in [0.2, 0.25) is 0 Å². The molecule has 0 saturated heterocycles. The molecule has 146 valence electrons. The number of nitrogens with zero attached hydrogens (tertiary/aromatic N) is 1. The monoisotopic (exact) mass is 399 g/mol. The minimum atomic E-state index is -3.70. The second-order valence-corrected chi connectivity index (χ2v) is 8.23. The lowest BCUT2D eigenvalue weighted by atomic mass is 10.2. The first kappa shape index (κ1) is 19.9. The van der Waals surface area contributed by atoms with E-state index in [2.05, 4.69) is 0 Å². The first-order valence-corrected chi connectivity index (χ1v) is 10.4. The molecule has 0 aromatic heterocycles. The Labute approximate surface area is 165 Å². The van der Waals surface area contributed by atoms with Gasteiger partial charge in [0, 0.05) is 18.2 Å². The van der Waals surface area contributed by atoms with Gasteiger partial charge in [0.1, 0.15) is 18.2 Å². The van der Waals surface area contributed by atoms with E-state index in [1.165, 1.54) is 10.4 Å². The molecule has 4 nitrogen and oxygen atoms in total. The highest BCUT2D eigenvalue weighted by molar-refractivity contribution is 7.92. The summed E-state index contributed by atoms with van der Waals surface area (Å²) in [6.45, 7) is 3.96. The molecule has 0 N–H and O–H groups in total. The van der Waals surface area contributed by atoms with Crippen molar-refractivity contribution >= 4 is 15.7 Å². The van der Waals surface area contributed by atoms with E-state index in [-0.39, 0.29) is 23.9 Å². The van der Waals surface area contributed by atoms with Crippen molar-refractivity contribution in [1.29, 1.82) is 0 Å². The maximum atomic E-state index is 13.8. The lowest BCUT2D eigenvalue weighted by Crippen LogP contribution is -2.30. The summed E-state index contributed by atoms with van der Waals surface area (Å²) in [6, 6.07) is 20.0. The van der Waals surface area contributed by atoms with E-state index in [9.17, 15) is 12.8 Å². The summed E-state index contributed by atoms with van der Waals surface area (Å²) in [5.74, 6) is 0.134. The van der Waals surface area contributed by atoms with E-state index in [1.54, 1.807) is 67.6 Å². The fraction of sp³-hybridized carbons (Fsp3) is 0.182. The van der Waals surface area contributed by atoms with Crippen molar-refractivity contribution in [2.24, 2.45) is 0 Å². The molecule has 0 fully saturated rings. The molecule has 0 aliphatic carbocycles. The number of benzene rings is 3. The molecule has 0 radical (unpaired) electrons. The predicted molar refractivity (Wildman–Crippen MR) is 109 cm³/mol. The highest BCUT2D eigenvalue weighted by Crippen LogP contribution is 2.27. The van der Waals surface area contributed by atoms with Crippen LogP contribution < -0.4 is 9.04 Å². The van der Waals surface area contributed by atoms with Gasteiger partial charge in [0.25, 0.3) is 10.0 Å². The van der Waals surface area contributed by atoms with Gasteiger partial charge >= 0.3 is 0 Å². The zero-order valence-electron chi connectivity index (χ0n) is 15.8. The number of aryl methyl sites for hydroxylation is 1. The van der Waals surface area contributed by atoms with Gasteiger partial charge in [0.2, 0.25) is 0 Å². The number of hydrogen-bond acceptors (Lipinski definition) is 3. The van der Waals surface area contributed by atoms with Gasteiger partial charge in [-0.25, -0.2) is 12.8 Å². The van der Waals surface area contributed by atoms with Crippen LogP contribution in [0.15, 0.2) is 77.7 Å². The van der Waals surface area contributed by atoms with Crippen molar-refractivity contribution in [2.45, 2.75) is 25.3 Å². The van der Waals surface area contributed by atoms with Crippen LogP contribution in [0.4, 0.5) is 10.1 Å². The lowest BCUT2D eigenvalue weighted by molar-refractivity contribution is 0.300. The summed E-state index contributed by atoms with van der Waals surface area (Å²) >= 11 is 0. The van der Waals surface area contributed by atoms with Crippen molar-refractivity contribution < 1.29 is 17.5 Å². The molecule has 28 heavy (non-hydrogen) atoms. The maximum Gasteiger partial charge on any atom is 0.264 e. The Morgan fingerprint density at radius 3 is 2.43 bits per heavy atom. The van der Waals surface area contributed by atoms with Crippen molar-refractivity contribution in [3.8, 4) is 5.75 Å². The number of sulfonamides is 1. The van der Waals surface area contributed by atoms with E-state index >= 15 is 0 Å². The summed E-state index contributed by atoms with van der Waals surface area (Å²) in [5, 5.41) is 0. The zero-order chi connectivity index (χ0) is 20.1. The molecule has 3 rings (SSSR count). The zero-order valence-corrected chi connectivity index (χ0v) is 16.6. The Bertz CT molecular complexity index is 1070. The maximum absolute atomic E-state index is 13.8. The Kier molecular flexibility index (Phi) is 5.99. The normalized spacial score (nSPS) is 11.2. The Balaban J connectivity index is 1.86. The second-order valence-electron chi connectivity index (χ2n) is 6.36. The average Bonchev–Trinajstić information content (AvgIpc) is 2.68. The second kappa shape index (κ2) is 8.44. The Morgan fingerprint density at radius 2 is 1.71 bits per heavy atom. The van der Waals surface area contributed by atoms with E-state index in [4.69, 9.17) is 4.74 Å². The first-order valence-electron chi connectivity index (χ1n) is 8.97. The topological polar surface area (TPSA) is 46.6 Å². The summed E-state index contributed by atoms with van der Waals surface area (Å²) in [5.41, 5.74) is 1.81. The molecule has 3 aromatic carbocycles. The highest BCUT2D eigenvalue weighted by atomic mass is 32.2. The number of anilines is 1. The van der Waals surface area contributed by atoms with E-state index < -0.39 is 10.0 Å². The van der Waals surface area contributed by atoms with Crippen LogP contribution in [0.25, 0.3) is 0 Å². The SMILES string of the molecule is CCN(c1cccc(OCc2ccccc2F)c1)S(=O)(=O)c1cccc(C)c1. The van der Waals surface area contributed by atoms with Gasteiger partial charge in [-0.2, -0.15) is 0 Å². The van der Waals surface area contributed by atoms with Crippen LogP contribution in [-0.4, -0.2) is 15.0 Å². The molecule has 3 aromatic rings. The molecule has 0 spiro atoms. The van der Waals surface area contributed by atoms with Crippen LogP contribution in [0.5, 0.6) is 5.75 Å². The fourth-order valence-electron chi connectivity index (χ4n) is 2.90. The Hall–Kier alpha value is -2.86. The third kappa shape index (κ3) is 4.34. The minimum absolute atomic E-state index is 0.0624. The van der Waals surface area contributed by atoms with Gasteiger partial charge < -0.3 is 4.74 Å². The van der Waals surface area contributed by atoms with Crippen molar-refractivity contribution in [1.82, 2.24) is 0 Å². The fourth-order valence-corrected chi connectivity index (χ4v) is 4.47. The standard InChI is InChI=1S/C22H22FNO3S/c1-3-24(28(25,26)21-12-6-8-17(2)14-21)19-10-7-11-20(15-19)27-16-18-9-4-5-13-22(18)23/h4-15H,3,16H2,1-2H3. The molecule has 0 atom stereocenters. The van der Waals surface area contributed by atoms with Crippen LogP contribution >= 0.6 is 0 Å². The highest BCUT2D eigenvalue weighted by Gasteiger charge is 2.24. The quantitative estimate of drug-likeness (QED) is 0.566. The molecule has 0 saturated carbocycles. The number of rotatable bonds is 7. The molecule has 0 aliphatic rings. The summed E-state index contributed by atoms with van der Waals surface area (Å²) < 4.78 is 47.0. The number of hydrogen-bond donors (Lipinski definition) is 0. The van der Waals surface area contributed by atoms with Gasteiger partial charge in [-0.05, 0) is 49.7 Å². The van der Waals surface area contributed by atoms with Crippen molar-refractivity contribution in [3.05, 3.63) is 89.7 Å². The van der Waals surface area contributed by atoms with Crippen LogP contribution in [0, 0.1) is 12.7 Å². The van der Waals surface area contributed by atoms with Crippen molar-refractivity contribution in [3.63, 3.8) is 0 Å². The van der Waals surface area contributed by atoms with Crippen LogP contribution in [0.1, 0.15) is 18.1 Å². The number of halogens is 1. The molecule has 0 amide bonds. The molecular weight excluding hydrogens is 377 g/mol. The summed E-state index contributed by atoms with van der Waals surface area (Å²) in [4.78, 5) is 0.243. The van der Waals surface area contributed by atoms with E-state index in [0.29, 0.717) is 17.0 Å². The van der Waals surface area contributed by atoms with Crippen LogP contribution in [-0.2, 0) is 16.6 Å². The Morgan fingerprint density at radius 1 is 0.964 bits per heavy atom. The minimum Gasteiger partial charge on any atom is -0.489 e. The largest absolute Gasteiger partial charge is 0.489 e. The van der Waals surface area contributed by atoms with Gasteiger partial charge in [-0.15, -0.1) is 0 Å². The van der Waals surface area contributed by atoms with Gasteiger partial charge in [0.15, 0.2) is 0 Å². The van der Waals surface area contributed by atoms with E-state index in [0.717, 1.165) is 5.56 Å². The van der Waals surface area contributed by atoms with E-state index in [1.807, 2.05) is 13.0 Å². The number of ether oxygens (including phenoxy) is 1. The van der Waals surface area contributed by atoms with Crippen LogP contribution in [0.3, 0.4) is 0 Å². The summed E-state index contributed by atoms with van der Waals surface area (Å²) in [6.07, 6.45) is 0. The third-order valence-electron chi connectivity index (χ3n) is 4.32. The van der Waals surface area contributed by atoms with Crippen molar-refractivity contribution in [2.75, 3.05) is 10.8 Å². The molecule has 0 unspecified atom stereocenters. The summed E-state index contributed by atoms with van der Waals surface area (Å²) in [7, 11) is -3.70. The smallest absolute Gasteiger partial charge is 0.264 e. The molecule has 0 aliphatic heterocycles. The molecule has 6 heteroatoms. The molecule has 0 heterocycles. The lowest BCUT2D eigenvalue weighted by Gasteiger charge is -2.23. The molecule has 0 bridgehead atoms. The third-order valence-corrected chi connectivity index (χ3v) is 6.22. The molecular formula is C22H22FNO3S. The first-order chi connectivity index (χ1) is 13.4. The predicted octanol–water partition coefficient (Wildman–Crippen LogP) is 4.93.